The van der Waals surface area contributed by atoms with Gasteiger partial charge in [-0.25, -0.2) is 13.2 Å². The van der Waals surface area contributed by atoms with Crippen molar-refractivity contribution in [1.82, 2.24) is 4.98 Å². The second kappa shape index (κ2) is 7.84. The normalized spacial score (nSPS) is 11.4. The third-order valence-corrected chi connectivity index (χ3v) is 5.08. The van der Waals surface area contributed by atoms with Crippen LogP contribution in [0.4, 0.5) is 5.69 Å². The first kappa shape index (κ1) is 18.3. The van der Waals surface area contributed by atoms with Gasteiger partial charge in [0.2, 0.25) is 0 Å². The summed E-state index contributed by atoms with van der Waals surface area (Å²) in [5.41, 5.74) is 2.03. The molecule has 0 aliphatic heterocycles. The number of sulfonamides is 1. The lowest BCUT2D eigenvalue weighted by atomic mass is 10.2. The maximum atomic E-state index is 12.5. The van der Waals surface area contributed by atoms with Gasteiger partial charge in [0.1, 0.15) is 0 Å². The number of pyridine rings is 1. The fraction of sp³-hybridized carbons (Fsp3) is 0. The number of nitrogens with one attached hydrogen (secondary N) is 1. The molecular weight excluding hydrogens is 364 g/mol. The van der Waals surface area contributed by atoms with Gasteiger partial charge < -0.3 is 5.11 Å². The van der Waals surface area contributed by atoms with E-state index >= 15 is 0 Å². The number of hydrogen-bond acceptors (Lipinski definition) is 4. The summed E-state index contributed by atoms with van der Waals surface area (Å²) in [7, 11) is -3.82. The molecule has 0 spiro atoms. The van der Waals surface area contributed by atoms with Gasteiger partial charge in [0.15, 0.2) is 0 Å². The molecule has 0 amide bonds. The van der Waals surface area contributed by atoms with Crippen molar-refractivity contribution >= 4 is 33.8 Å². The van der Waals surface area contributed by atoms with Crippen LogP contribution in [0, 0.1) is 0 Å². The van der Waals surface area contributed by atoms with Crippen molar-refractivity contribution in [2.24, 2.45) is 0 Å². The summed E-state index contributed by atoms with van der Waals surface area (Å²) in [6.07, 6.45) is 5.36. The highest BCUT2D eigenvalue weighted by Gasteiger charge is 2.15. The molecule has 1 aromatic heterocycles. The molecule has 0 unspecified atom stereocenters. The van der Waals surface area contributed by atoms with Gasteiger partial charge in [-0.1, -0.05) is 24.3 Å². The number of carboxylic acids is 1. The van der Waals surface area contributed by atoms with Gasteiger partial charge in [-0.3, -0.25) is 9.71 Å². The van der Waals surface area contributed by atoms with Crippen LogP contribution in [-0.4, -0.2) is 24.5 Å². The number of aromatic nitrogens is 1. The lowest BCUT2D eigenvalue weighted by Gasteiger charge is -2.09. The molecule has 2 aromatic carbocycles. The van der Waals surface area contributed by atoms with Gasteiger partial charge in [-0.2, -0.15) is 0 Å². The third-order valence-electron chi connectivity index (χ3n) is 3.68. The third kappa shape index (κ3) is 4.80. The molecule has 0 bridgehead atoms. The van der Waals surface area contributed by atoms with Crippen molar-refractivity contribution in [3.63, 3.8) is 0 Å². The molecular formula is C20H16N2O4S. The summed E-state index contributed by atoms with van der Waals surface area (Å²) < 4.78 is 27.5. The largest absolute Gasteiger partial charge is 0.478 e. The highest BCUT2D eigenvalue weighted by atomic mass is 32.2. The van der Waals surface area contributed by atoms with E-state index in [2.05, 4.69) is 9.71 Å². The Morgan fingerprint density at radius 2 is 1.74 bits per heavy atom. The molecule has 3 aromatic rings. The summed E-state index contributed by atoms with van der Waals surface area (Å²) in [5.74, 6) is -1.11. The van der Waals surface area contributed by atoms with Crippen molar-refractivity contribution in [1.29, 1.82) is 0 Å². The molecule has 6 nitrogen and oxygen atoms in total. The first-order chi connectivity index (χ1) is 12.9. The van der Waals surface area contributed by atoms with E-state index in [0.717, 1.165) is 11.3 Å². The molecule has 0 saturated carbocycles. The Labute approximate surface area is 156 Å². The molecule has 7 heteroatoms. The topological polar surface area (TPSA) is 96.4 Å². The summed E-state index contributed by atoms with van der Waals surface area (Å²) in [5, 5.41) is 8.90. The van der Waals surface area contributed by atoms with E-state index < -0.39 is 16.0 Å². The second-order valence-electron chi connectivity index (χ2n) is 5.65. The number of nitrogens with zero attached hydrogens (tertiary/aromatic N) is 1. The van der Waals surface area contributed by atoms with E-state index in [4.69, 9.17) is 5.11 Å². The minimum absolute atomic E-state index is 0.0121. The fourth-order valence-electron chi connectivity index (χ4n) is 2.35. The zero-order valence-electron chi connectivity index (χ0n) is 14.1. The standard InChI is InChI=1S/C20H16N2O4S/c23-20(24)16-8-11-19(12-9-16)27(25,26)22-18-6-3-4-15(14-18)7-10-17-5-1-2-13-21-17/h1-14,22H,(H,23,24)/b10-7+. The Morgan fingerprint density at radius 3 is 2.41 bits per heavy atom. The van der Waals surface area contributed by atoms with Crippen molar-refractivity contribution in [3.8, 4) is 0 Å². The highest BCUT2D eigenvalue weighted by Crippen LogP contribution is 2.19. The first-order valence-electron chi connectivity index (χ1n) is 7.99. The molecule has 0 atom stereocenters. The van der Waals surface area contributed by atoms with Crippen molar-refractivity contribution < 1.29 is 18.3 Å². The number of carboxylic acid groups (broad SMARTS) is 1. The molecule has 0 fully saturated rings. The van der Waals surface area contributed by atoms with Gasteiger partial charge in [0.05, 0.1) is 16.2 Å². The first-order valence-corrected chi connectivity index (χ1v) is 9.48. The number of hydrogen-bond donors (Lipinski definition) is 2. The van der Waals surface area contributed by atoms with Crippen LogP contribution < -0.4 is 4.72 Å². The number of carbonyl (C=O) groups is 1. The maximum absolute atomic E-state index is 12.5. The lowest BCUT2D eigenvalue weighted by Crippen LogP contribution is -2.13. The van der Waals surface area contributed by atoms with Gasteiger partial charge in [0, 0.05) is 11.9 Å². The quantitative estimate of drug-likeness (QED) is 0.679. The van der Waals surface area contributed by atoms with Crippen LogP contribution in [-0.2, 0) is 10.0 Å². The van der Waals surface area contributed by atoms with Gasteiger partial charge >= 0.3 is 5.97 Å². The van der Waals surface area contributed by atoms with Gasteiger partial charge in [0.25, 0.3) is 10.0 Å². The predicted octanol–water partition coefficient (Wildman–Crippen LogP) is 3.75. The minimum atomic E-state index is -3.82. The Hall–Kier alpha value is -3.45. The number of anilines is 1. The van der Waals surface area contributed by atoms with E-state index in [9.17, 15) is 13.2 Å². The van der Waals surface area contributed by atoms with Crippen LogP contribution in [0.2, 0.25) is 0 Å². The van der Waals surface area contributed by atoms with Gasteiger partial charge in [-0.05, 0) is 60.2 Å². The second-order valence-corrected chi connectivity index (χ2v) is 7.33. The SMILES string of the molecule is O=C(O)c1ccc(S(=O)(=O)Nc2cccc(/C=C/c3ccccn3)c2)cc1. The average Bonchev–Trinajstić information content (AvgIpc) is 2.67. The van der Waals surface area contributed by atoms with Crippen molar-refractivity contribution in [2.45, 2.75) is 4.90 Å². The minimum Gasteiger partial charge on any atom is -0.478 e. The molecule has 0 radical (unpaired) electrons. The van der Waals surface area contributed by atoms with Crippen LogP contribution in [0.25, 0.3) is 12.2 Å². The van der Waals surface area contributed by atoms with E-state index in [0.29, 0.717) is 5.69 Å². The zero-order chi connectivity index (χ0) is 19.3. The number of rotatable bonds is 6. The van der Waals surface area contributed by atoms with Gasteiger partial charge in [-0.15, -0.1) is 0 Å². The summed E-state index contributed by atoms with van der Waals surface area (Å²) >= 11 is 0. The fourth-order valence-corrected chi connectivity index (χ4v) is 3.40. The summed E-state index contributed by atoms with van der Waals surface area (Å²) in [6.45, 7) is 0. The lowest BCUT2D eigenvalue weighted by molar-refractivity contribution is 0.0696. The van der Waals surface area contributed by atoms with E-state index in [1.54, 1.807) is 24.4 Å². The van der Waals surface area contributed by atoms with Crippen molar-refractivity contribution in [2.75, 3.05) is 4.72 Å². The summed E-state index contributed by atoms with van der Waals surface area (Å²) in [4.78, 5) is 15.1. The van der Waals surface area contributed by atoms with Crippen LogP contribution in [0.3, 0.4) is 0 Å². The smallest absolute Gasteiger partial charge is 0.335 e. The highest BCUT2D eigenvalue weighted by molar-refractivity contribution is 7.92. The van der Waals surface area contributed by atoms with E-state index in [1.807, 2.05) is 36.4 Å². The molecule has 3 rings (SSSR count). The molecule has 136 valence electrons. The Kier molecular flexibility index (Phi) is 5.33. The average molecular weight is 380 g/mol. The summed E-state index contributed by atoms with van der Waals surface area (Å²) in [6, 6.07) is 17.5. The van der Waals surface area contributed by atoms with E-state index in [1.165, 1.54) is 24.3 Å². The number of aromatic carboxylic acids is 1. The molecule has 0 aliphatic carbocycles. The molecule has 0 aliphatic rings. The van der Waals surface area contributed by atoms with Crippen LogP contribution >= 0.6 is 0 Å². The maximum Gasteiger partial charge on any atom is 0.335 e. The van der Waals surface area contributed by atoms with E-state index in [-0.39, 0.29) is 10.5 Å². The predicted molar refractivity (Wildman–Crippen MR) is 104 cm³/mol. The molecule has 1 heterocycles. The van der Waals surface area contributed by atoms with Crippen LogP contribution in [0.15, 0.2) is 77.8 Å². The Morgan fingerprint density at radius 1 is 0.963 bits per heavy atom. The Bertz CT molecular complexity index is 1080. The monoisotopic (exact) mass is 380 g/mol. The van der Waals surface area contributed by atoms with Crippen molar-refractivity contribution in [3.05, 3.63) is 89.7 Å². The number of benzene rings is 2. The zero-order valence-corrected chi connectivity index (χ0v) is 14.9. The van der Waals surface area contributed by atoms with Crippen LogP contribution in [0.1, 0.15) is 21.6 Å². The molecule has 0 saturated heterocycles. The van der Waals surface area contributed by atoms with Crippen LogP contribution in [0.5, 0.6) is 0 Å². The Balaban J connectivity index is 1.78. The molecule has 2 N–H and O–H groups in total. The molecule has 27 heavy (non-hydrogen) atoms.